The van der Waals surface area contributed by atoms with E-state index in [4.69, 9.17) is 9.47 Å². The molecule has 0 atom stereocenters. The second kappa shape index (κ2) is 5.62. The SMILES string of the molecule is CN(C)C1(CNCc2cccc3c2OCO3)CCCC1. The number of nitrogens with one attached hydrogen (secondary N) is 1. The van der Waals surface area contributed by atoms with E-state index in [9.17, 15) is 0 Å². The molecular formula is C16H24N2O2. The zero-order valence-corrected chi connectivity index (χ0v) is 12.4. The van der Waals surface area contributed by atoms with E-state index in [1.165, 1.54) is 31.2 Å². The first-order chi connectivity index (χ1) is 9.71. The third-order valence-corrected chi connectivity index (χ3v) is 4.73. The first-order valence-electron chi connectivity index (χ1n) is 7.47. The summed E-state index contributed by atoms with van der Waals surface area (Å²) < 4.78 is 11.0. The Bertz CT molecular complexity index is 468. The van der Waals surface area contributed by atoms with Gasteiger partial charge in [-0.1, -0.05) is 25.0 Å². The molecule has 4 nitrogen and oxygen atoms in total. The number of nitrogens with zero attached hydrogens (tertiary/aromatic N) is 1. The lowest BCUT2D eigenvalue weighted by atomic mass is 9.96. The van der Waals surface area contributed by atoms with Crippen molar-refractivity contribution in [2.45, 2.75) is 37.8 Å². The van der Waals surface area contributed by atoms with Crippen molar-refractivity contribution in [3.05, 3.63) is 23.8 Å². The van der Waals surface area contributed by atoms with Crippen LogP contribution in [0.25, 0.3) is 0 Å². The Morgan fingerprint density at radius 3 is 2.75 bits per heavy atom. The Morgan fingerprint density at radius 2 is 2.00 bits per heavy atom. The van der Waals surface area contributed by atoms with Crippen molar-refractivity contribution in [1.82, 2.24) is 10.2 Å². The Kier molecular flexibility index (Phi) is 3.85. The molecule has 0 radical (unpaired) electrons. The predicted molar refractivity (Wildman–Crippen MR) is 79.2 cm³/mol. The molecule has 2 aliphatic rings. The molecule has 1 N–H and O–H groups in total. The quantitative estimate of drug-likeness (QED) is 0.895. The van der Waals surface area contributed by atoms with E-state index in [2.05, 4.69) is 30.4 Å². The highest BCUT2D eigenvalue weighted by atomic mass is 16.7. The third-order valence-electron chi connectivity index (χ3n) is 4.73. The van der Waals surface area contributed by atoms with Crippen LogP contribution in [0.15, 0.2) is 18.2 Å². The fourth-order valence-electron chi connectivity index (χ4n) is 3.37. The number of fused-ring (bicyclic) bond motifs is 1. The maximum Gasteiger partial charge on any atom is 0.231 e. The van der Waals surface area contributed by atoms with Crippen LogP contribution in [0.3, 0.4) is 0 Å². The second-order valence-electron chi connectivity index (χ2n) is 6.08. The number of hydrogen-bond acceptors (Lipinski definition) is 4. The number of hydrogen-bond donors (Lipinski definition) is 1. The van der Waals surface area contributed by atoms with E-state index >= 15 is 0 Å². The van der Waals surface area contributed by atoms with Gasteiger partial charge in [-0.25, -0.2) is 0 Å². The van der Waals surface area contributed by atoms with E-state index in [-0.39, 0.29) is 0 Å². The summed E-state index contributed by atoms with van der Waals surface area (Å²) in [7, 11) is 4.40. The van der Waals surface area contributed by atoms with Crippen LogP contribution in [0.5, 0.6) is 11.5 Å². The number of benzene rings is 1. The summed E-state index contributed by atoms with van der Waals surface area (Å²) in [4.78, 5) is 2.39. The molecule has 0 saturated heterocycles. The van der Waals surface area contributed by atoms with Gasteiger partial charge in [-0.3, -0.25) is 0 Å². The third kappa shape index (κ3) is 2.50. The van der Waals surface area contributed by atoms with Crippen LogP contribution in [0.2, 0.25) is 0 Å². The molecule has 1 fully saturated rings. The minimum atomic E-state index is 0.329. The van der Waals surface area contributed by atoms with E-state index in [1.54, 1.807) is 0 Å². The van der Waals surface area contributed by atoms with Crippen LogP contribution >= 0.6 is 0 Å². The fourth-order valence-corrected chi connectivity index (χ4v) is 3.37. The van der Waals surface area contributed by atoms with Crippen molar-refractivity contribution in [3.63, 3.8) is 0 Å². The van der Waals surface area contributed by atoms with Gasteiger partial charge >= 0.3 is 0 Å². The molecule has 110 valence electrons. The van der Waals surface area contributed by atoms with Gasteiger partial charge in [0.2, 0.25) is 6.79 Å². The Hall–Kier alpha value is -1.26. The Labute approximate surface area is 121 Å². The van der Waals surface area contributed by atoms with Gasteiger partial charge < -0.3 is 19.7 Å². The monoisotopic (exact) mass is 276 g/mol. The lowest BCUT2D eigenvalue weighted by molar-refractivity contribution is 0.153. The second-order valence-corrected chi connectivity index (χ2v) is 6.08. The Morgan fingerprint density at radius 1 is 1.20 bits per heavy atom. The van der Waals surface area contributed by atoms with Gasteiger partial charge in [-0.15, -0.1) is 0 Å². The fraction of sp³-hybridized carbons (Fsp3) is 0.625. The molecular weight excluding hydrogens is 252 g/mol. The van der Waals surface area contributed by atoms with Crippen LogP contribution in [0.4, 0.5) is 0 Å². The zero-order chi connectivity index (χ0) is 14.0. The summed E-state index contributed by atoms with van der Waals surface area (Å²) in [6, 6.07) is 6.10. The van der Waals surface area contributed by atoms with Gasteiger partial charge in [-0.2, -0.15) is 0 Å². The standard InChI is InChI=1S/C16H24N2O2/c1-18(2)16(8-3-4-9-16)11-17-10-13-6-5-7-14-15(13)20-12-19-14/h5-7,17H,3-4,8-12H2,1-2H3. The highest BCUT2D eigenvalue weighted by Crippen LogP contribution is 2.36. The lowest BCUT2D eigenvalue weighted by Crippen LogP contribution is -2.49. The normalized spacial score (nSPS) is 19.8. The summed E-state index contributed by atoms with van der Waals surface area (Å²) in [5, 5.41) is 3.62. The van der Waals surface area contributed by atoms with E-state index in [1.807, 2.05) is 12.1 Å². The summed E-state index contributed by atoms with van der Waals surface area (Å²) >= 11 is 0. The van der Waals surface area contributed by atoms with Gasteiger partial charge in [0, 0.05) is 24.2 Å². The van der Waals surface area contributed by atoms with Crippen molar-refractivity contribution in [1.29, 1.82) is 0 Å². The molecule has 0 bridgehead atoms. The van der Waals surface area contributed by atoms with E-state index in [0.717, 1.165) is 24.6 Å². The molecule has 1 saturated carbocycles. The number of para-hydroxylation sites is 1. The molecule has 1 aromatic carbocycles. The van der Waals surface area contributed by atoms with Crippen LogP contribution in [0.1, 0.15) is 31.2 Å². The van der Waals surface area contributed by atoms with Gasteiger partial charge in [0.1, 0.15) is 0 Å². The average Bonchev–Trinajstić information content (AvgIpc) is 3.08. The highest BCUT2D eigenvalue weighted by Gasteiger charge is 2.35. The largest absolute Gasteiger partial charge is 0.454 e. The van der Waals surface area contributed by atoms with Crippen molar-refractivity contribution in [3.8, 4) is 11.5 Å². The molecule has 4 heteroatoms. The van der Waals surface area contributed by atoms with Gasteiger partial charge in [0.15, 0.2) is 11.5 Å². The molecule has 1 aliphatic heterocycles. The molecule has 0 aromatic heterocycles. The molecule has 0 spiro atoms. The number of ether oxygens (including phenoxy) is 2. The summed E-state index contributed by atoms with van der Waals surface area (Å²) in [5.74, 6) is 1.78. The lowest BCUT2D eigenvalue weighted by Gasteiger charge is -2.36. The van der Waals surface area contributed by atoms with E-state index in [0.29, 0.717) is 12.3 Å². The van der Waals surface area contributed by atoms with Crippen LogP contribution in [0, 0.1) is 0 Å². The zero-order valence-electron chi connectivity index (χ0n) is 12.4. The molecule has 0 amide bonds. The average molecular weight is 276 g/mol. The molecule has 1 aromatic rings. The van der Waals surface area contributed by atoms with Crippen LogP contribution in [-0.4, -0.2) is 37.9 Å². The maximum atomic E-state index is 5.55. The van der Waals surface area contributed by atoms with Gasteiger partial charge in [0.25, 0.3) is 0 Å². The van der Waals surface area contributed by atoms with Crippen molar-refractivity contribution in [2.75, 3.05) is 27.4 Å². The predicted octanol–water partition coefficient (Wildman–Crippen LogP) is 2.38. The molecule has 20 heavy (non-hydrogen) atoms. The number of likely N-dealkylation sites (N-methyl/N-ethyl adjacent to an activating group) is 1. The van der Waals surface area contributed by atoms with Crippen molar-refractivity contribution < 1.29 is 9.47 Å². The van der Waals surface area contributed by atoms with Crippen LogP contribution < -0.4 is 14.8 Å². The van der Waals surface area contributed by atoms with Gasteiger partial charge in [0.05, 0.1) is 0 Å². The summed E-state index contributed by atoms with van der Waals surface area (Å²) in [5.41, 5.74) is 1.52. The highest BCUT2D eigenvalue weighted by molar-refractivity contribution is 5.48. The van der Waals surface area contributed by atoms with Crippen molar-refractivity contribution >= 4 is 0 Å². The molecule has 0 unspecified atom stereocenters. The first kappa shape index (κ1) is 13.7. The maximum absolute atomic E-state index is 5.55. The van der Waals surface area contributed by atoms with Crippen molar-refractivity contribution in [2.24, 2.45) is 0 Å². The number of rotatable bonds is 5. The summed E-state index contributed by atoms with van der Waals surface area (Å²) in [6.07, 6.45) is 5.27. The summed E-state index contributed by atoms with van der Waals surface area (Å²) in [6.45, 7) is 2.21. The minimum absolute atomic E-state index is 0.329. The smallest absolute Gasteiger partial charge is 0.231 e. The van der Waals surface area contributed by atoms with Gasteiger partial charge in [-0.05, 0) is 33.0 Å². The van der Waals surface area contributed by atoms with Crippen LogP contribution in [-0.2, 0) is 6.54 Å². The Balaban J connectivity index is 1.61. The topological polar surface area (TPSA) is 33.7 Å². The molecule has 1 aliphatic carbocycles. The molecule has 3 rings (SSSR count). The minimum Gasteiger partial charge on any atom is -0.454 e. The van der Waals surface area contributed by atoms with E-state index < -0.39 is 0 Å². The first-order valence-corrected chi connectivity index (χ1v) is 7.47. The molecule has 1 heterocycles.